The molecule has 0 saturated carbocycles. The summed E-state index contributed by atoms with van der Waals surface area (Å²) in [5.74, 6) is 0.170. The minimum atomic E-state index is 0.170. The molecule has 2 heterocycles. The van der Waals surface area contributed by atoms with Crippen molar-refractivity contribution >= 4 is 16.9 Å². The summed E-state index contributed by atoms with van der Waals surface area (Å²) in [5, 5.41) is 10.0. The average Bonchev–Trinajstić information content (AvgIpc) is 3.12. The summed E-state index contributed by atoms with van der Waals surface area (Å²) in [6, 6.07) is 6.37. The second kappa shape index (κ2) is 6.53. The quantitative estimate of drug-likeness (QED) is 0.923. The van der Waals surface area contributed by atoms with E-state index in [9.17, 15) is 4.79 Å². The fourth-order valence-electron chi connectivity index (χ4n) is 3.38. The van der Waals surface area contributed by atoms with Gasteiger partial charge in [0.05, 0.1) is 12.7 Å². The molecule has 1 N–H and O–H groups in total. The van der Waals surface area contributed by atoms with Gasteiger partial charge in [-0.25, -0.2) is 0 Å². The Balaban J connectivity index is 1.72. The fourth-order valence-corrected chi connectivity index (χ4v) is 3.38. The van der Waals surface area contributed by atoms with Gasteiger partial charge >= 0.3 is 0 Å². The number of carbonyl (C=O) groups is 1. The van der Waals surface area contributed by atoms with Gasteiger partial charge in [0, 0.05) is 30.1 Å². The van der Waals surface area contributed by atoms with Crippen molar-refractivity contribution < 1.29 is 14.3 Å². The summed E-state index contributed by atoms with van der Waals surface area (Å²) in [6.45, 7) is 3.07. The lowest BCUT2D eigenvalue weighted by Gasteiger charge is -2.24. The lowest BCUT2D eigenvalue weighted by Crippen LogP contribution is -2.36. The van der Waals surface area contributed by atoms with Gasteiger partial charge in [-0.05, 0) is 44.2 Å². The Hall–Kier alpha value is -1.81. The lowest BCUT2D eigenvalue weighted by molar-refractivity contribution is -0.131. The molecule has 1 fully saturated rings. The van der Waals surface area contributed by atoms with Gasteiger partial charge in [-0.1, -0.05) is 12.1 Å². The van der Waals surface area contributed by atoms with Crippen molar-refractivity contribution in [2.24, 2.45) is 0 Å². The number of amides is 1. The first-order chi connectivity index (χ1) is 10.7. The van der Waals surface area contributed by atoms with Gasteiger partial charge in [0.25, 0.3) is 0 Å². The van der Waals surface area contributed by atoms with E-state index in [0.717, 1.165) is 54.3 Å². The van der Waals surface area contributed by atoms with E-state index in [1.54, 1.807) is 6.26 Å². The van der Waals surface area contributed by atoms with Crippen LogP contribution < -0.4 is 0 Å². The number of hydrogen-bond donors (Lipinski definition) is 1. The van der Waals surface area contributed by atoms with Crippen molar-refractivity contribution in [2.45, 2.75) is 45.1 Å². The molecule has 1 aliphatic rings. The number of rotatable bonds is 5. The summed E-state index contributed by atoms with van der Waals surface area (Å²) >= 11 is 0. The third-order valence-corrected chi connectivity index (χ3v) is 4.55. The number of likely N-dealkylation sites (tertiary alicyclic amines) is 1. The molecule has 4 heteroatoms. The molecule has 1 aromatic carbocycles. The van der Waals surface area contributed by atoms with Gasteiger partial charge in [0.1, 0.15) is 5.58 Å². The van der Waals surface area contributed by atoms with E-state index < -0.39 is 0 Å². The average molecular weight is 301 g/mol. The number of fused-ring (bicyclic) bond motifs is 1. The van der Waals surface area contributed by atoms with Crippen LogP contribution in [0, 0.1) is 6.92 Å². The van der Waals surface area contributed by atoms with Gasteiger partial charge in [-0.2, -0.15) is 0 Å². The normalized spacial score (nSPS) is 18.3. The number of furan rings is 1. The zero-order valence-corrected chi connectivity index (χ0v) is 13.0. The molecule has 0 radical (unpaired) electrons. The molecule has 3 rings (SSSR count). The SMILES string of the molecule is Cc1ccc2c(CC(=O)N3CCCC3CCCO)coc2c1. The maximum Gasteiger partial charge on any atom is 0.227 e. The van der Waals surface area contributed by atoms with Crippen LogP contribution in [0.4, 0.5) is 0 Å². The lowest BCUT2D eigenvalue weighted by atomic mass is 10.1. The van der Waals surface area contributed by atoms with E-state index in [2.05, 4.69) is 0 Å². The highest BCUT2D eigenvalue weighted by atomic mass is 16.3. The van der Waals surface area contributed by atoms with Crippen LogP contribution in [0.15, 0.2) is 28.9 Å². The number of nitrogens with zero attached hydrogens (tertiary/aromatic N) is 1. The van der Waals surface area contributed by atoms with Crippen LogP contribution in [0.3, 0.4) is 0 Å². The molecular weight excluding hydrogens is 278 g/mol. The molecule has 1 atom stereocenters. The van der Waals surface area contributed by atoms with Crippen LogP contribution in [0.2, 0.25) is 0 Å². The summed E-state index contributed by atoms with van der Waals surface area (Å²) in [7, 11) is 0. The largest absolute Gasteiger partial charge is 0.464 e. The molecule has 118 valence electrons. The van der Waals surface area contributed by atoms with E-state index in [4.69, 9.17) is 9.52 Å². The van der Waals surface area contributed by atoms with Gasteiger partial charge in [0.2, 0.25) is 5.91 Å². The predicted molar refractivity (Wildman–Crippen MR) is 85.7 cm³/mol. The van der Waals surface area contributed by atoms with Crippen molar-refractivity contribution in [3.05, 3.63) is 35.6 Å². The number of aliphatic hydroxyl groups is 1. The minimum Gasteiger partial charge on any atom is -0.464 e. The Labute approximate surface area is 130 Å². The number of aryl methyl sites for hydroxylation is 1. The molecule has 22 heavy (non-hydrogen) atoms. The zero-order chi connectivity index (χ0) is 15.5. The second-order valence-electron chi connectivity index (χ2n) is 6.19. The third kappa shape index (κ3) is 3.02. The first-order valence-corrected chi connectivity index (χ1v) is 8.06. The molecule has 1 aliphatic heterocycles. The van der Waals surface area contributed by atoms with Crippen LogP contribution in [-0.4, -0.2) is 35.1 Å². The van der Waals surface area contributed by atoms with Crippen LogP contribution in [-0.2, 0) is 11.2 Å². The molecule has 4 nitrogen and oxygen atoms in total. The van der Waals surface area contributed by atoms with Crippen molar-refractivity contribution in [3.8, 4) is 0 Å². The topological polar surface area (TPSA) is 53.7 Å². The summed E-state index contributed by atoms with van der Waals surface area (Å²) < 4.78 is 5.58. The van der Waals surface area contributed by atoms with Crippen LogP contribution in [0.1, 0.15) is 36.8 Å². The molecular formula is C18H23NO3. The highest BCUT2D eigenvalue weighted by Crippen LogP contribution is 2.26. The van der Waals surface area contributed by atoms with Gasteiger partial charge < -0.3 is 14.4 Å². The van der Waals surface area contributed by atoms with Crippen molar-refractivity contribution in [3.63, 3.8) is 0 Å². The summed E-state index contributed by atoms with van der Waals surface area (Å²) in [6.07, 6.45) is 5.88. The summed E-state index contributed by atoms with van der Waals surface area (Å²) in [5.41, 5.74) is 2.97. The van der Waals surface area contributed by atoms with E-state index in [-0.39, 0.29) is 12.5 Å². The zero-order valence-electron chi connectivity index (χ0n) is 13.0. The highest BCUT2D eigenvalue weighted by Gasteiger charge is 2.28. The maximum atomic E-state index is 12.6. The van der Waals surface area contributed by atoms with Gasteiger partial charge in [-0.3, -0.25) is 4.79 Å². The Morgan fingerprint density at radius 1 is 1.45 bits per heavy atom. The van der Waals surface area contributed by atoms with Gasteiger partial charge in [0.15, 0.2) is 0 Å². The van der Waals surface area contributed by atoms with Crippen LogP contribution in [0.25, 0.3) is 11.0 Å². The molecule has 1 saturated heterocycles. The van der Waals surface area contributed by atoms with Crippen molar-refractivity contribution in [1.29, 1.82) is 0 Å². The summed E-state index contributed by atoms with van der Waals surface area (Å²) in [4.78, 5) is 14.6. The fraction of sp³-hybridized carbons (Fsp3) is 0.500. The monoisotopic (exact) mass is 301 g/mol. The van der Waals surface area contributed by atoms with Crippen LogP contribution in [0.5, 0.6) is 0 Å². The standard InChI is InChI=1S/C18H23NO3/c1-13-6-7-16-14(12-22-17(16)10-13)11-18(21)19-8-2-4-15(19)5-3-9-20/h6-7,10,12,15,20H,2-5,8-9,11H2,1H3. The number of aliphatic hydroxyl groups excluding tert-OH is 1. The van der Waals surface area contributed by atoms with Crippen molar-refractivity contribution in [1.82, 2.24) is 4.90 Å². The van der Waals surface area contributed by atoms with E-state index >= 15 is 0 Å². The molecule has 0 aliphatic carbocycles. The maximum absolute atomic E-state index is 12.6. The smallest absolute Gasteiger partial charge is 0.227 e. The first-order valence-electron chi connectivity index (χ1n) is 8.06. The first kappa shape index (κ1) is 15.1. The Morgan fingerprint density at radius 3 is 3.14 bits per heavy atom. The second-order valence-corrected chi connectivity index (χ2v) is 6.19. The van der Waals surface area contributed by atoms with E-state index in [1.807, 2.05) is 30.0 Å². The van der Waals surface area contributed by atoms with E-state index in [1.165, 1.54) is 0 Å². The third-order valence-electron chi connectivity index (χ3n) is 4.55. The van der Waals surface area contributed by atoms with Crippen LogP contribution >= 0.6 is 0 Å². The number of carbonyl (C=O) groups excluding carboxylic acids is 1. The Morgan fingerprint density at radius 2 is 2.32 bits per heavy atom. The van der Waals surface area contributed by atoms with Gasteiger partial charge in [-0.15, -0.1) is 0 Å². The van der Waals surface area contributed by atoms with E-state index in [0.29, 0.717) is 12.5 Å². The van der Waals surface area contributed by atoms with Crippen molar-refractivity contribution in [2.75, 3.05) is 13.2 Å². The Bertz CT molecular complexity index is 661. The Kier molecular flexibility index (Phi) is 4.48. The highest BCUT2D eigenvalue weighted by molar-refractivity contribution is 5.88. The molecule has 0 spiro atoms. The number of hydrogen-bond acceptors (Lipinski definition) is 3. The molecule has 1 unspecified atom stereocenters. The molecule has 1 aromatic heterocycles. The predicted octanol–water partition coefficient (Wildman–Crippen LogP) is 3.05. The molecule has 2 aromatic rings. The minimum absolute atomic E-state index is 0.170. The molecule has 1 amide bonds. The molecule has 0 bridgehead atoms. The number of benzene rings is 1.